The van der Waals surface area contributed by atoms with E-state index in [1.165, 1.54) is 14.0 Å². The van der Waals surface area contributed by atoms with Crippen molar-refractivity contribution < 1.29 is 14.5 Å². The molecular weight excluding hydrogens is 124 g/mol. The Labute approximate surface area is 52.5 Å². The van der Waals surface area contributed by atoms with E-state index in [1.54, 1.807) is 0 Å². The molecule has 0 aliphatic heterocycles. The van der Waals surface area contributed by atoms with Gasteiger partial charge in [-0.25, -0.2) is 0 Å². The average Bonchev–Trinajstić information content (AvgIpc) is 1.63. The van der Waals surface area contributed by atoms with Gasteiger partial charge in [-0.15, -0.1) is 0 Å². The molecular formula is C4H8N2O3. The topological polar surface area (TPSA) is 64.7 Å². The van der Waals surface area contributed by atoms with Crippen LogP contribution in [0.15, 0.2) is 5.28 Å². The Morgan fingerprint density at radius 2 is 2.44 bits per heavy atom. The van der Waals surface area contributed by atoms with Crippen LogP contribution >= 0.6 is 0 Å². The van der Waals surface area contributed by atoms with Crippen LogP contribution in [0.4, 0.5) is 0 Å². The number of ketones is 1. The molecule has 0 aliphatic carbocycles. The lowest BCUT2D eigenvalue weighted by atomic mass is 10.5. The summed E-state index contributed by atoms with van der Waals surface area (Å²) < 4.78 is 0. The maximum Gasteiger partial charge on any atom is 0.241 e. The summed E-state index contributed by atoms with van der Waals surface area (Å²) >= 11 is 0. The van der Waals surface area contributed by atoms with Gasteiger partial charge in [0.25, 0.3) is 0 Å². The number of Topliss-reactive ketones (excluding diaryl/α,β-unsaturated/α-hetero) is 1. The maximum atomic E-state index is 10.3. The van der Waals surface area contributed by atoms with Crippen molar-refractivity contribution in [2.24, 2.45) is 5.28 Å². The lowest BCUT2D eigenvalue weighted by molar-refractivity contribution is -0.546. The molecule has 0 heterocycles. The fraction of sp³-hybridized carbons (Fsp3) is 0.750. The molecule has 0 bridgehead atoms. The summed E-state index contributed by atoms with van der Waals surface area (Å²) in [5.74, 6) is -0.245. The minimum absolute atomic E-state index is 0.183. The Bertz CT molecular complexity index is 132. The zero-order valence-electron chi connectivity index (χ0n) is 5.33. The SMILES string of the molecule is CON=[N+]([O-])CC(C)=O. The van der Waals surface area contributed by atoms with Gasteiger partial charge in [-0.3, -0.25) is 4.79 Å². The number of hydrogen-bond acceptors (Lipinski definition) is 4. The smallest absolute Gasteiger partial charge is 0.241 e. The van der Waals surface area contributed by atoms with Crippen LogP contribution in [0.2, 0.25) is 0 Å². The van der Waals surface area contributed by atoms with Crippen LogP contribution in [-0.4, -0.2) is 24.3 Å². The minimum Gasteiger partial charge on any atom is -0.597 e. The molecule has 0 rings (SSSR count). The highest BCUT2D eigenvalue weighted by Gasteiger charge is 1.99. The van der Waals surface area contributed by atoms with E-state index in [1.807, 2.05) is 0 Å². The summed E-state index contributed by atoms with van der Waals surface area (Å²) in [5.41, 5.74) is 0. The summed E-state index contributed by atoms with van der Waals surface area (Å²) in [6, 6.07) is 0. The van der Waals surface area contributed by atoms with Crippen molar-refractivity contribution in [3.8, 4) is 0 Å². The predicted octanol–water partition coefficient (Wildman–Crippen LogP) is 0.0993. The Kier molecular flexibility index (Phi) is 3.34. The molecule has 0 aromatic heterocycles. The molecule has 0 atom stereocenters. The van der Waals surface area contributed by atoms with Gasteiger partial charge in [0.2, 0.25) is 6.54 Å². The van der Waals surface area contributed by atoms with Crippen LogP contribution in [-0.2, 0) is 9.63 Å². The quantitative estimate of drug-likeness (QED) is 0.310. The molecule has 52 valence electrons. The highest BCUT2D eigenvalue weighted by Crippen LogP contribution is 1.76. The van der Waals surface area contributed by atoms with Crippen molar-refractivity contribution in [3.05, 3.63) is 5.21 Å². The third-order valence-corrected chi connectivity index (χ3v) is 0.531. The van der Waals surface area contributed by atoms with Gasteiger partial charge in [0.15, 0.2) is 11.1 Å². The lowest BCUT2D eigenvalue weighted by Crippen LogP contribution is -2.10. The van der Waals surface area contributed by atoms with E-state index in [0.29, 0.717) is 0 Å². The number of hydrogen-bond donors (Lipinski definition) is 0. The fourth-order valence-electron chi connectivity index (χ4n) is 0.310. The number of carbonyl (C=O) groups is 1. The molecule has 0 N–H and O–H groups in total. The van der Waals surface area contributed by atoms with E-state index in [-0.39, 0.29) is 17.2 Å². The molecule has 0 radical (unpaired) electrons. The van der Waals surface area contributed by atoms with Crippen molar-refractivity contribution in [1.29, 1.82) is 0 Å². The molecule has 0 aromatic rings. The monoisotopic (exact) mass is 132 g/mol. The van der Waals surface area contributed by atoms with E-state index in [4.69, 9.17) is 0 Å². The van der Waals surface area contributed by atoms with Crippen LogP contribution in [0.5, 0.6) is 0 Å². The maximum absolute atomic E-state index is 10.3. The number of rotatable bonds is 3. The summed E-state index contributed by atoms with van der Waals surface area (Å²) in [5, 5.41) is 13.2. The van der Waals surface area contributed by atoms with E-state index < -0.39 is 0 Å². The largest absolute Gasteiger partial charge is 0.597 e. The molecule has 0 spiro atoms. The summed E-state index contributed by atoms with van der Waals surface area (Å²) in [7, 11) is 1.24. The highest BCUT2D eigenvalue weighted by molar-refractivity contribution is 5.76. The fourth-order valence-corrected chi connectivity index (χ4v) is 0.310. The Hall–Kier alpha value is -1.13. The van der Waals surface area contributed by atoms with Crippen molar-refractivity contribution >= 4 is 5.78 Å². The third kappa shape index (κ3) is 4.73. The van der Waals surface area contributed by atoms with Crippen LogP contribution < -0.4 is 0 Å². The second-order valence-electron chi connectivity index (χ2n) is 1.48. The Morgan fingerprint density at radius 3 is 2.78 bits per heavy atom. The average molecular weight is 132 g/mol. The first-order chi connectivity index (χ1) is 4.16. The van der Waals surface area contributed by atoms with Crippen LogP contribution in [0, 0.1) is 5.21 Å². The van der Waals surface area contributed by atoms with Gasteiger partial charge in [0, 0.05) is 6.92 Å². The van der Waals surface area contributed by atoms with Gasteiger partial charge in [0.05, 0.1) is 0 Å². The van der Waals surface area contributed by atoms with Crippen molar-refractivity contribution in [3.63, 3.8) is 0 Å². The van der Waals surface area contributed by atoms with E-state index in [2.05, 4.69) is 10.1 Å². The second-order valence-corrected chi connectivity index (χ2v) is 1.48. The lowest BCUT2D eigenvalue weighted by Gasteiger charge is -1.93. The molecule has 5 nitrogen and oxygen atoms in total. The molecule has 0 aliphatic rings. The normalized spacial score (nSPS) is 11.1. The third-order valence-electron chi connectivity index (χ3n) is 0.531. The molecule has 5 heteroatoms. The number of carbonyl (C=O) groups excluding carboxylic acids is 1. The minimum atomic E-state index is -0.256. The van der Waals surface area contributed by atoms with Crippen molar-refractivity contribution in [2.75, 3.05) is 13.7 Å². The van der Waals surface area contributed by atoms with Crippen LogP contribution in [0.3, 0.4) is 0 Å². The van der Waals surface area contributed by atoms with Gasteiger partial charge < -0.3 is 10.0 Å². The van der Waals surface area contributed by atoms with Crippen molar-refractivity contribution in [2.45, 2.75) is 6.92 Å². The predicted molar refractivity (Wildman–Crippen MR) is 28.6 cm³/mol. The summed E-state index contributed by atoms with van der Waals surface area (Å²) in [6.45, 7) is 1.05. The molecule has 0 amide bonds. The summed E-state index contributed by atoms with van der Waals surface area (Å²) in [4.78, 5) is 14.4. The molecule has 0 saturated heterocycles. The highest BCUT2D eigenvalue weighted by atomic mass is 16.7. The second kappa shape index (κ2) is 3.82. The first kappa shape index (κ1) is 7.87. The molecule has 0 unspecified atom stereocenters. The number of nitrogens with zero attached hydrogens (tertiary/aromatic N) is 2. The van der Waals surface area contributed by atoms with Gasteiger partial charge in [0.1, 0.15) is 7.11 Å². The molecule has 0 saturated carbocycles. The molecule has 0 aromatic carbocycles. The van der Waals surface area contributed by atoms with E-state index >= 15 is 0 Å². The van der Waals surface area contributed by atoms with Gasteiger partial charge in [-0.1, -0.05) is 0 Å². The molecule has 9 heavy (non-hydrogen) atoms. The van der Waals surface area contributed by atoms with Crippen LogP contribution in [0.25, 0.3) is 0 Å². The van der Waals surface area contributed by atoms with E-state index in [9.17, 15) is 10.0 Å². The van der Waals surface area contributed by atoms with E-state index in [0.717, 1.165) is 0 Å². The number of hydroxylamine groups is 1. The Balaban J connectivity index is 3.62. The molecule has 0 fully saturated rings. The van der Waals surface area contributed by atoms with Gasteiger partial charge in [-0.2, -0.15) is 0 Å². The Morgan fingerprint density at radius 1 is 1.89 bits per heavy atom. The zero-order valence-corrected chi connectivity index (χ0v) is 5.33. The van der Waals surface area contributed by atoms with Gasteiger partial charge >= 0.3 is 0 Å². The van der Waals surface area contributed by atoms with Crippen molar-refractivity contribution in [1.82, 2.24) is 0 Å². The first-order valence-corrected chi connectivity index (χ1v) is 2.35. The van der Waals surface area contributed by atoms with Crippen LogP contribution in [0.1, 0.15) is 6.92 Å². The standard InChI is InChI=1S/C4H8N2O3/c1-4(7)3-6(8)5-9-2/h3H2,1-2H3. The summed E-state index contributed by atoms with van der Waals surface area (Å²) in [6.07, 6.45) is 0. The van der Waals surface area contributed by atoms with Gasteiger partial charge in [-0.05, 0) is 4.86 Å². The zero-order chi connectivity index (χ0) is 7.28. The first-order valence-electron chi connectivity index (χ1n) is 2.35.